The van der Waals surface area contributed by atoms with E-state index in [4.69, 9.17) is 15.5 Å². The van der Waals surface area contributed by atoms with Crippen molar-refractivity contribution in [1.82, 2.24) is 14.3 Å². The fourth-order valence-electron chi connectivity index (χ4n) is 3.62. The van der Waals surface area contributed by atoms with Gasteiger partial charge in [0, 0.05) is 30.1 Å². The zero-order valence-corrected chi connectivity index (χ0v) is 15.1. The van der Waals surface area contributed by atoms with Gasteiger partial charge in [-0.1, -0.05) is 0 Å². The smallest absolute Gasteiger partial charge is 0.311 e. The van der Waals surface area contributed by atoms with Gasteiger partial charge in [-0.25, -0.2) is 4.98 Å². The molecule has 2 N–H and O–H groups in total. The van der Waals surface area contributed by atoms with Crippen molar-refractivity contribution in [2.75, 3.05) is 25.9 Å². The number of nitrogens with two attached hydrogens (primary N) is 1. The quantitative estimate of drug-likeness (QED) is 0.549. The highest BCUT2D eigenvalue weighted by Crippen LogP contribution is 2.34. The summed E-state index contributed by atoms with van der Waals surface area (Å²) in [6.07, 6.45) is 4.22. The van der Waals surface area contributed by atoms with E-state index in [1.54, 1.807) is 6.07 Å². The Morgan fingerprint density at radius 1 is 1.26 bits per heavy atom. The van der Waals surface area contributed by atoms with Gasteiger partial charge in [-0.3, -0.25) is 15.0 Å². The fourth-order valence-corrected chi connectivity index (χ4v) is 3.62. The average Bonchev–Trinajstić information content (AvgIpc) is 3.30. The molecular formula is C19H21N5O3. The summed E-state index contributed by atoms with van der Waals surface area (Å²) in [6.45, 7) is 2.80. The molecule has 0 spiro atoms. The summed E-state index contributed by atoms with van der Waals surface area (Å²) in [7, 11) is 1.43. The SMILES string of the molecule is COc1ccc(-c2nc3ccc(N)cn3c2CN2CCCC2)cc1[N+](=O)[O-]. The number of nitro groups is 1. The van der Waals surface area contributed by atoms with Crippen LogP contribution >= 0.6 is 0 Å². The summed E-state index contributed by atoms with van der Waals surface area (Å²) in [6, 6.07) is 8.62. The molecule has 2 aromatic heterocycles. The van der Waals surface area contributed by atoms with Crippen LogP contribution in [0, 0.1) is 10.1 Å². The Morgan fingerprint density at radius 2 is 2.04 bits per heavy atom. The van der Waals surface area contributed by atoms with Crippen molar-refractivity contribution in [3.8, 4) is 17.0 Å². The second-order valence-corrected chi connectivity index (χ2v) is 6.72. The van der Waals surface area contributed by atoms with Crippen LogP contribution < -0.4 is 10.5 Å². The molecule has 1 aliphatic heterocycles. The minimum absolute atomic E-state index is 0.0707. The van der Waals surface area contributed by atoms with Crippen LogP contribution in [0.5, 0.6) is 5.75 Å². The third-order valence-corrected chi connectivity index (χ3v) is 4.96. The Hall–Kier alpha value is -3.13. The fraction of sp³-hybridized carbons (Fsp3) is 0.316. The van der Waals surface area contributed by atoms with Gasteiger partial charge in [0.2, 0.25) is 0 Å². The number of likely N-dealkylation sites (tertiary alicyclic amines) is 1. The lowest BCUT2D eigenvalue weighted by Gasteiger charge is -2.16. The van der Waals surface area contributed by atoms with Gasteiger partial charge >= 0.3 is 5.69 Å². The molecule has 0 atom stereocenters. The number of benzene rings is 1. The summed E-state index contributed by atoms with van der Waals surface area (Å²) in [5, 5.41) is 11.4. The number of anilines is 1. The van der Waals surface area contributed by atoms with Gasteiger partial charge in [0.1, 0.15) is 5.65 Å². The van der Waals surface area contributed by atoms with Gasteiger partial charge < -0.3 is 14.9 Å². The molecule has 8 nitrogen and oxygen atoms in total. The van der Waals surface area contributed by atoms with Crippen LogP contribution in [-0.4, -0.2) is 39.4 Å². The molecule has 1 aliphatic rings. The van der Waals surface area contributed by atoms with Crippen LogP contribution in [-0.2, 0) is 6.54 Å². The zero-order valence-electron chi connectivity index (χ0n) is 15.1. The number of aromatic nitrogens is 2. The van der Waals surface area contributed by atoms with E-state index in [9.17, 15) is 10.1 Å². The second-order valence-electron chi connectivity index (χ2n) is 6.72. The topological polar surface area (TPSA) is 98.9 Å². The van der Waals surface area contributed by atoms with E-state index in [1.165, 1.54) is 26.0 Å². The molecule has 140 valence electrons. The zero-order chi connectivity index (χ0) is 19.0. The molecule has 1 fully saturated rings. The van der Waals surface area contributed by atoms with Gasteiger partial charge in [-0.05, 0) is 50.2 Å². The standard InChI is InChI=1S/C19H21N5O3/c1-27-17-6-4-13(10-15(17)24(25)26)19-16(12-22-8-2-3-9-22)23-11-14(20)5-7-18(23)21-19/h4-7,10-11H,2-3,8-9,12,20H2,1H3. The Morgan fingerprint density at radius 3 is 2.74 bits per heavy atom. The van der Waals surface area contributed by atoms with Crippen LogP contribution in [0.25, 0.3) is 16.9 Å². The van der Waals surface area contributed by atoms with E-state index in [0.717, 1.165) is 36.7 Å². The molecule has 0 saturated carbocycles. The summed E-state index contributed by atoms with van der Waals surface area (Å²) < 4.78 is 7.10. The van der Waals surface area contributed by atoms with Crippen LogP contribution in [0.15, 0.2) is 36.5 Å². The maximum atomic E-state index is 11.4. The summed E-state index contributed by atoms with van der Waals surface area (Å²) in [5.41, 5.74) is 9.74. The van der Waals surface area contributed by atoms with Crippen molar-refractivity contribution in [3.05, 3.63) is 52.3 Å². The Labute approximate surface area is 156 Å². The number of hydrogen-bond donors (Lipinski definition) is 1. The van der Waals surface area contributed by atoms with Crippen LogP contribution in [0.2, 0.25) is 0 Å². The van der Waals surface area contributed by atoms with Gasteiger partial charge in [0.25, 0.3) is 0 Å². The normalized spacial score (nSPS) is 14.7. The number of methoxy groups -OCH3 is 1. The molecule has 1 aromatic carbocycles. The highest BCUT2D eigenvalue weighted by atomic mass is 16.6. The Balaban J connectivity index is 1.87. The lowest BCUT2D eigenvalue weighted by atomic mass is 10.1. The van der Waals surface area contributed by atoms with Gasteiger partial charge in [-0.2, -0.15) is 0 Å². The number of nitro benzene ring substituents is 1. The Bertz CT molecular complexity index is 1010. The number of nitrogen functional groups attached to an aromatic ring is 1. The highest BCUT2D eigenvalue weighted by Gasteiger charge is 2.22. The summed E-state index contributed by atoms with van der Waals surface area (Å²) in [4.78, 5) is 18.1. The molecule has 3 aromatic rings. The highest BCUT2D eigenvalue weighted by molar-refractivity contribution is 5.71. The van der Waals surface area contributed by atoms with E-state index in [-0.39, 0.29) is 11.4 Å². The number of fused-ring (bicyclic) bond motifs is 1. The second kappa shape index (κ2) is 6.88. The van der Waals surface area contributed by atoms with E-state index < -0.39 is 4.92 Å². The van der Waals surface area contributed by atoms with Gasteiger partial charge in [0.05, 0.1) is 23.4 Å². The molecule has 0 amide bonds. The molecule has 3 heterocycles. The summed E-state index contributed by atoms with van der Waals surface area (Å²) >= 11 is 0. The number of pyridine rings is 1. The predicted molar refractivity (Wildman–Crippen MR) is 103 cm³/mol. The maximum absolute atomic E-state index is 11.4. The minimum Gasteiger partial charge on any atom is -0.490 e. The molecule has 1 saturated heterocycles. The minimum atomic E-state index is -0.434. The molecule has 8 heteroatoms. The molecule has 0 radical (unpaired) electrons. The molecule has 0 bridgehead atoms. The van der Waals surface area contributed by atoms with Gasteiger partial charge in [-0.15, -0.1) is 0 Å². The van der Waals surface area contributed by atoms with E-state index in [1.807, 2.05) is 28.8 Å². The number of imidazole rings is 1. The van der Waals surface area contributed by atoms with Crippen molar-refractivity contribution < 1.29 is 9.66 Å². The third-order valence-electron chi connectivity index (χ3n) is 4.96. The molecular weight excluding hydrogens is 346 g/mol. The monoisotopic (exact) mass is 367 g/mol. The van der Waals surface area contributed by atoms with Gasteiger partial charge in [0.15, 0.2) is 5.75 Å². The Kier molecular flexibility index (Phi) is 4.41. The van der Waals surface area contributed by atoms with E-state index in [0.29, 0.717) is 11.3 Å². The van der Waals surface area contributed by atoms with Crippen LogP contribution in [0.1, 0.15) is 18.5 Å². The first kappa shape index (κ1) is 17.3. The first-order valence-electron chi connectivity index (χ1n) is 8.88. The first-order chi connectivity index (χ1) is 13.1. The lowest BCUT2D eigenvalue weighted by Crippen LogP contribution is -2.20. The van der Waals surface area contributed by atoms with Crippen molar-refractivity contribution >= 4 is 17.0 Å². The van der Waals surface area contributed by atoms with E-state index >= 15 is 0 Å². The van der Waals surface area contributed by atoms with E-state index in [2.05, 4.69) is 4.90 Å². The maximum Gasteiger partial charge on any atom is 0.311 e. The van der Waals surface area contributed by atoms with Crippen molar-refractivity contribution in [2.24, 2.45) is 0 Å². The third kappa shape index (κ3) is 3.19. The van der Waals surface area contributed by atoms with Crippen LogP contribution in [0.4, 0.5) is 11.4 Å². The van der Waals surface area contributed by atoms with Crippen molar-refractivity contribution in [2.45, 2.75) is 19.4 Å². The lowest BCUT2D eigenvalue weighted by molar-refractivity contribution is -0.385. The molecule has 27 heavy (non-hydrogen) atoms. The number of hydrogen-bond acceptors (Lipinski definition) is 6. The van der Waals surface area contributed by atoms with Crippen molar-refractivity contribution in [3.63, 3.8) is 0 Å². The number of ether oxygens (including phenoxy) is 1. The average molecular weight is 367 g/mol. The van der Waals surface area contributed by atoms with Crippen molar-refractivity contribution in [1.29, 1.82) is 0 Å². The number of nitrogens with zero attached hydrogens (tertiary/aromatic N) is 4. The summed E-state index contributed by atoms with van der Waals surface area (Å²) in [5.74, 6) is 0.234. The predicted octanol–water partition coefficient (Wildman–Crippen LogP) is 3.10. The first-order valence-corrected chi connectivity index (χ1v) is 8.88. The largest absolute Gasteiger partial charge is 0.490 e. The number of rotatable bonds is 5. The molecule has 4 rings (SSSR count). The van der Waals surface area contributed by atoms with Crippen LogP contribution in [0.3, 0.4) is 0 Å². The molecule has 0 aliphatic carbocycles. The molecule has 0 unspecified atom stereocenters.